The molecule has 0 aromatic carbocycles. The lowest BCUT2D eigenvalue weighted by molar-refractivity contribution is 0.121. The number of hydrogen-bond acceptors (Lipinski definition) is 2. The van der Waals surface area contributed by atoms with E-state index in [1.807, 2.05) is 25.9 Å². The molecule has 1 fully saturated rings. The van der Waals surface area contributed by atoms with E-state index in [9.17, 15) is 4.79 Å². The summed E-state index contributed by atoms with van der Waals surface area (Å²) in [4.78, 5) is 17.9. The van der Waals surface area contributed by atoms with Crippen LogP contribution in [0.15, 0.2) is 0 Å². The first-order valence-electron chi connectivity index (χ1n) is 5.72. The zero-order valence-corrected chi connectivity index (χ0v) is 10.4. The van der Waals surface area contributed by atoms with Gasteiger partial charge in [0.1, 0.15) is 0 Å². The Bertz CT molecular complexity index is 220. The molecule has 0 aromatic heterocycles. The van der Waals surface area contributed by atoms with E-state index in [1.54, 1.807) is 4.90 Å². The number of carbonyl (C=O) groups excluding carboxylic acids is 1. The number of hydrogen-bond donors (Lipinski definition) is 0. The maximum Gasteiger partial charge on any atom is 0.319 e. The van der Waals surface area contributed by atoms with Crippen LogP contribution in [0.1, 0.15) is 19.8 Å². The molecule has 1 aliphatic heterocycles. The molecule has 1 rings (SSSR count). The summed E-state index contributed by atoms with van der Waals surface area (Å²) in [7, 11) is 5.89. The molecule has 0 radical (unpaired) electrons. The minimum atomic E-state index is 0.137. The number of likely N-dealkylation sites (tertiary alicyclic amines) is 1. The molecular weight excluding hydrogens is 190 g/mol. The lowest BCUT2D eigenvalue weighted by Crippen LogP contribution is -2.50. The molecule has 2 amide bonds. The summed E-state index contributed by atoms with van der Waals surface area (Å²) in [6.07, 6.45) is 2.32. The zero-order valence-electron chi connectivity index (χ0n) is 10.4. The van der Waals surface area contributed by atoms with Gasteiger partial charge in [-0.1, -0.05) is 0 Å². The second-order valence-corrected chi connectivity index (χ2v) is 4.47. The van der Waals surface area contributed by atoms with Crippen molar-refractivity contribution in [3.63, 3.8) is 0 Å². The van der Waals surface area contributed by atoms with E-state index in [2.05, 4.69) is 11.9 Å². The fraction of sp³-hybridized carbons (Fsp3) is 0.909. The van der Waals surface area contributed by atoms with Crippen molar-refractivity contribution in [1.82, 2.24) is 14.7 Å². The maximum absolute atomic E-state index is 11.9. The van der Waals surface area contributed by atoms with Crippen molar-refractivity contribution in [2.75, 3.05) is 40.8 Å². The summed E-state index contributed by atoms with van der Waals surface area (Å²) < 4.78 is 0. The van der Waals surface area contributed by atoms with Crippen LogP contribution in [-0.4, -0.2) is 67.5 Å². The van der Waals surface area contributed by atoms with Crippen molar-refractivity contribution in [3.05, 3.63) is 0 Å². The fourth-order valence-corrected chi connectivity index (χ4v) is 2.02. The number of amides is 2. The van der Waals surface area contributed by atoms with E-state index < -0.39 is 0 Å². The third-order valence-electron chi connectivity index (χ3n) is 3.25. The highest BCUT2D eigenvalue weighted by Gasteiger charge is 2.25. The number of piperidine rings is 1. The molecule has 0 saturated carbocycles. The Hall–Kier alpha value is -0.770. The smallest absolute Gasteiger partial charge is 0.319 e. The van der Waals surface area contributed by atoms with Crippen LogP contribution in [0, 0.1) is 0 Å². The first kappa shape index (κ1) is 12.3. The predicted octanol–water partition coefficient (Wildman–Crippen LogP) is 1.08. The van der Waals surface area contributed by atoms with Gasteiger partial charge in [0.05, 0.1) is 0 Å². The predicted molar refractivity (Wildman–Crippen MR) is 62.0 cm³/mol. The molecule has 4 heteroatoms. The van der Waals surface area contributed by atoms with Gasteiger partial charge in [0, 0.05) is 33.2 Å². The molecule has 4 nitrogen and oxygen atoms in total. The van der Waals surface area contributed by atoms with Crippen LogP contribution in [0.3, 0.4) is 0 Å². The van der Waals surface area contributed by atoms with Crippen LogP contribution < -0.4 is 0 Å². The van der Waals surface area contributed by atoms with Crippen molar-refractivity contribution >= 4 is 6.03 Å². The van der Waals surface area contributed by atoms with Crippen LogP contribution >= 0.6 is 0 Å². The van der Waals surface area contributed by atoms with Crippen molar-refractivity contribution in [3.8, 4) is 0 Å². The molecule has 1 atom stereocenters. The van der Waals surface area contributed by atoms with E-state index in [4.69, 9.17) is 0 Å². The van der Waals surface area contributed by atoms with Crippen LogP contribution in [0.25, 0.3) is 0 Å². The van der Waals surface area contributed by atoms with Gasteiger partial charge in [0.15, 0.2) is 0 Å². The van der Waals surface area contributed by atoms with Crippen LogP contribution in [0.4, 0.5) is 4.79 Å². The molecule has 0 bridgehead atoms. The minimum absolute atomic E-state index is 0.137. The third kappa shape index (κ3) is 3.09. The number of urea groups is 1. The first-order chi connectivity index (χ1) is 7.06. The standard InChI is InChI=1S/C11H23N3O/c1-5-13(3)11(15)14(4)10-7-6-8-12(2)9-10/h10H,5-9H2,1-4H3. The Balaban J connectivity index is 2.51. The van der Waals surface area contributed by atoms with Crippen LogP contribution in [-0.2, 0) is 0 Å². The molecule has 0 N–H and O–H groups in total. The Morgan fingerprint density at radius 2 is 2.13 bits per heavy atom. The first-order valence-corrected chi connectivity index (χ1v) is 5.72. The Labute approximate surface area is 92.8 Å². The second kappa shape index (κ2) is 5.35. The van der Waals surface area contributed by atoms with E-state index in [0.29, 0.717) is 6.04 Å². The van der Waals surface area contributed by atoms with Crippen LogP contribution in [0.2, 0.25) is 0 Å². The molecule has 0 aromatic rings. The van der Waals surface area contributed by atoms with Gasteiger partial charge in [-0.05, 0) is 33.4 Å². The van der Waals surface area contributed by atoms with Crippen molar-refractivity contribution < 1.29 is 4.79 Å². The Morgan fingerprint density at radius 1 is 1.47 bits per heavy atom. The molecule has 1 unspecified atom stereocenters. The fourth-order valence-electron chi connectivity index (χ4n) is 2.02. The Kier molecular flexibility index (Phi) is 4.39. The van der Waals surface area contributed by atoms with Crippen molar-refractivity contribution in [2.24, 2.45) is 0 Å². The van der Waals surface area contributed by atoms with Crippen molar-refractivity contribution in [1.29, 1.82) is 0 Å². The van der Waals surface area contributed by atoms with Gasteiger partial charge in [-0.25, -0.2) is 4.79 Å². The normalized spacial score (nSPS) is 22.5. The highest BCUT2D eigenvalue weighted by Crippen LogP contribution is 2.14. The highest BCUT2D eigenvalue weighted by atomic mass is 16.2. The monoisotopic (exact) mass is 213 g/mol. The average Bonchev–Trinajstić information content (AvgIpc) is 2.26. The van der Waals surface area contributed by atoms with E-state index in [0.717, 1.165) is 26.1 Å². The maximum atomic E-state index is 11.9. The lowest BCUT2D eigenvalue weighted by atomic mass is 10.1. The lowest BCUT2D eigenvalue weighted by Gasteiger charge is -2.37. The zero-order chi connectivity index (χ0) is 11.4. The van der Waals surface area contributed by atoms with Crippen LogP contribution in [0.5, 0.6) is 0 Å². The minimum Gasteiger partial charge on any atom is -0.328 e. The third-order valence-corrected chi connectivity index (χ3v) is 3.25. The van der Waals surface area contributed by atoms with Gasteiger partial charge in [0.2, 0.25) is 0 Å². The van der Waals surface area contributed by atoms with E-state index in [1.165, 1.54) is 6.42 Å². The topological polar surface area (TPSA) is 26.8 Å². The van der Waals surface area contributed by atoms with E-state index >= 15 is 0 Å². The molecule has 15 heavy (non-hydrogen) atoms. The SMILES string of the molecule is CCN(C)C(=O)N(C)C1CCCN(C)C1. The van der Waals surface area contributed by atoms with Gasteiger partial charge in [0.25, 0.3) is 0 Å². The number of likely N-dealkylation sites (N-methyl/N-ethyl adjacent to an activating group) is 2. The number of carbonyl (C=O) groups is 1. The van der Waals surface area contributed by atoms with Gasteiger partial charge in [-0.3, -0.25) is 0 Å². The summed E-state index contributed by atoms with van der Waals surface area (Å²) in [5.74, 6) is 0. The Morgan fingerprint density at radius 3 is 2.67 bits per heavy atom. The van der Waals surface area contributed by atoms with Gasteiger partial charge in [-0.15, -0.1) is 0 Å². The molecule has 0 spiro atoms. The summed E-state index contributed by atoms with van der Waals surface area (Å²) in [5.41, 5.74) is 0. The molecule has 0 aliphatic carbocycles. The summed E-state index contributed by atoms with van der Waals surface area (Å²) in [6, 6.07) is 0.517. The van der Waals surface area contributed by atoms with Gasteiger partial charge in [-0.2, -0.15) is 0 Å². The summed E-state index contributed by atoms with van der Waals surface area (Å²) in [6.45, 7) is 4.92. The summed E-state index contributed by atoms with van der Waals surface area (Å²) in [5, 5.41) is 0. The molecule has 88 valence electrons. The molecular formula is C11H23N3O. The molecule has 1 heterocycles. The van der Waals surface area contributed by atoms with Crippen molar-refractivity contribution in [2.45, 2.75) is 25.8 Å². The summed E-state index contributed by atoms with van der Waals surface area (Å²) >= 11 is 0. The molecule has 1 saturated heterocycles. The quantitative estimate of drug-likeness (QED) is 0.686. The number of rotatable bonds is 2. The molecule has 1 aliphatic rings. The largest absolute Gasteiger partial charge is 0.328 e. The van der Waals surface area contributed by atoms with Gasteiger partial charge >= 0.3 is 6.03 Å². The van der Waals surface area contributed by atoms with Gasteiger partial charge < -0.3 is 14.7 Å². The average molecular weight is 213 g/mol. The number of nitrogens with zero attached hydrogens (tertiary/aromatic N) is 3. The van der Waals surface area contributed by atoms with E-state index in [-0.39, 0.29) is 6.03 Å². The second-order valence-electron chi connectivity index (χ2n) is 4.47. The highest BCUT2D eigenvalue weighted by molar-refractivity contribution is 5.74.